The van der Waals surface area contributed by atoms with Crippen LogP contribution < -0.4 is 5.32 Å². The first-order valence-electron chi connectivity index (χ1n) is 10.0. The van der Waals surface area contributed by atoms with Crippen LogP contribution >= 0.6 is 0 Å². The number of hydrogen-bond donors (Lipinski definition) is 3. The van der Waals surface area contributed by atoms with Gasteiger partial charge in [-0.2, -0.15) is 0 Å². The molecule has 150 valence electrons. The van der Waals surface area contributed by atoms with E-state index in [-0.39, 0.29) is 6.42 Å². The van der Waals surface area contributed by atoms with Gasteiger partial charge >= 0.3 is 5.97 Å². The number of carbonyl (C=O) groups excluding carboxylic acids is 1. The van der Waals surface area contributed by atoms with Crippen molar-refractivity contribution in [1.82, 2.24) is 10.4 Å². The molecule has 2 unspecified atom stereocenters. The number of aliphatic hydroxyl groups excluding tert-OH is 2. The van der Waals surface area contributed by atoms with Gasteiger partial charge in [-0.25, -0.2) is 0 Å². The third-order valence-electron chi connectivity index (χ3n) is 4.16. The molecule has 0 aromatic rings. The predicted molar refractivity (Wildman–Crippen MR) is 101 cm³/mol. The van der Waals surface area contributed by atoms with Gasteiger partial charge in [-0.15, -0.1) is 0 Å². The van der Waals surface area contributed by atoms with Crippen LogP contribution in [0.15, 0.2) is 0 Å². The van der Waals surface area contributed by atoms with E-state index < -0.39 is 18.4 Å². The number of hydroxylamine groups is 2. The molecule has 0 aliphatic rings. The van der Waals surface area contributed by atoms with Gasteiger partial charge in [0.1, 0.15) is 12.5 Å². The highest BCUT2D eigenvalue weighted by Gasteiger charge is 2.20. The maximum atomic E-state index is 11.6. The first kappa shape index (κ1) is 24.3. The van der Waals surface area contributed by atoms with Crippen LogP contribution in [-0.2, 0) is 9.63 Å². The van der Waals surface area contributed by atoms with Gasteiger partial charge in [-0.1, -0.05) is 69.8 Å². The zero-order chi connectivity index (χ0) is 18.9. The molecule has 25 heavy (non-hydrogen) atoms. The standard InChI is InChI=1S/C19H40N2O4/c1-4-5-6-7-8-9-10-11-12-13-15-20-16-14-19(24)25-21(17(2)22)18(3)23/h17-18,20,22-23H,4-16H2,1-3H3. The summed E-state index contributed by atoms with van der Waals surface area (Å²) >= 11 is 0. The molecule has 3 N–H and O–H groups in total. The fraction of sp³-hybridized carbons (Fsp3) is 0.947. The quantitative estimate of drug-likeness (QED) is 0.210. The molecule has 0 aromatic heterocycles. The van der Waals surface area contributed by atoms with E-state index in [1.807, 2.05) is 0 Å². The normalized spacial score (nSPS) is 13.8. The SMILES string of the molecule is CCCCCCCCCCCCNCCC(=O)ON(C(C)O)C(C)O. The third kappa shape index (κ3) is 15.3. The molecule has 0 aliphatic heterocycles. The average molecular weight is 361 g/mol. The summed E-state index contributed by atoms with van der Waals surface area (Å²) in [6, 6.07) is 0. The molecule has 0 aliphatic carbocycles. The van der Waals surface area contributed by atoms with Crippen molar-refractivity contribution in [3.63, 3.8) is 0 Å². The van der Waals surface area contributed by atoms with Gasteiger partial charge in [-0.3, -0.25) is 4.79 Å². The van der Waals surface area contributed by atoms with E-state index in [0.29, 0.717) is 6.54 Å². The van der Waals surface area contributed by atoms with Crippen LogP contribution in [0.2, 0.25) is 0 Å². The molecule has 0 saturated heterocycles. The van der Waals surface area contributed by atoms with Gasteiger partial charge in [0.05, 0.1) is 6.42 Å². The first-order valence-corrected chi connectivity index (χ1v) is 10.0. The Labute approximate surface area is 153 Å². The molecule has 6 heteroatoms. The van der Waals surface area contributed by atoms with E-state index in [1.165, 1.54) is 71.6 Å². The second-order valence-corrected chi connectivity index (χ2v) is 6.77. The highest BCUT2D eigenvalue weighted by Crippen LogP contribution is 2.10. The van der Waals surface area contributed by atoms with Crippen molar-refractivity contribution < 1.29 is 19.8 Å². The minimum Gasteiger partial charge on any atom is -0.375 e. The highest BCUT2D eigenvalue weighted by atomic mass is 16.7. The lowest BCUT2D eigenvalue weighted by Gasteiger charge is -2.25. The van der Waals surface area contributed by atoms with Crippen molar-refractivity contribution >= 4 is 5.97 Å². The van der Waals surface area contributed by atoms with E-state index in [1.54, 1.807) is 0 Å². The molecular formula is C19H40N2O4. The van der Waals surface area contributed by atoms with Crippen molar-refractivity contribution in [3.8, 4) is 0 Å². The maximum Gasteiger partial charge on any atom is 0.326 e. The number of carbonyl (C=O) groups is 1. The molecule has 2 atom stereocenters. The average Bonchev–Trinajstić information content (AvgIpc) is 2.56. The van der Waals surface area contributed by atoms with Gasteiger partial charge in [0.2, 0.25) is 0 Å². The zero-order valence-corrected chi connectivity index (χ0v) is 16.5. The topological polar surface area (TPSA) is 82.0 Å². The van der Waals surface area contributed by atoms with Crippen molar-refractivity contribution in [2.75, 3.05) is 13.1 Å². The van der Waals surface area contributed by atoms with E-state index in [2.05, 4.69) is 12.2 Å². The maximum absolute atomic E-state index is 11.6. The van der Waals surface area contributed by atoms with Crippen molar-refractivity contribution in [2.24, 2.45) is 0 Å². The van der Waals surface area contributed by atoms with Gasteiger partial charge < -0.3 is 20.4 Å². The van der Waals surface area contributed by atoms with Gasteiger partial charge in [0.25, 0.3) is 0 Å². The summed E-state index contributed by atoms with van der Waals surface area (Å²) in [6.07, 6.45) is 11.3. The number of rotatable bonds is 17. The second-order valence-electron chi connectivity index (χ2n) is 6.77. The molecule has 0 spiro atoms. The molecule has 0 saturated carbocycles. The van der Waals surface area contributed by atoms with E-state index in [9.17, 15) is 15.0 Å². The Morgan fingerprint density at radius 3 is 1.84 bits per heavy atom. The lowest BCUT2D eigenvalue weighted by atomic mass is 10.1. The predicted octanol–water partition coefficient (Wildman–Crippen LogP) is 3.32. The summed E-state index contributed by atoms with van der Waals surface area (Å²) in [6.45, 7) is 6.56. The first-order chi connectivity index (χ1) is 12.0. The van der Waals surface area contributed by atoms with Gasteiger partial charge in [0, 0.05) is 6.54 Å². The summed E-state index contributed by atoms with van der Waals surface area (Å²) in [7, 11) is 0. The lowest BCUT2D eigenvalue weighted by Crippen LogP contribution is -2.42. The number of aliphatic hydroxyl groups is 2. The van der Waals surface area contributed by atoms with Crippen molar-refractivity contribution in [3.05, 3.63) is 0 Å². The fourth-order valence-electron chi connectivity index (χ4n) is 2.68. The van der Waals surface area contributed by atoms with Crippen LogP contribution in [0, 0.1) is 0 Å². The molecule has 0 rings (SSSR count). The number of hydrogen-bond acceptors (Lipinski definition) is 6. The van der Waals surface area contributed by atoms with Gasteiger partial charge in [-0.05, 0) is 26.8 Å². The molecule has 0 amide bonds. The van der Waals surface area contributed by atoms with Crippen LogP contribution in [0.4, 0.5) is 0 Å². The van der Waals surface area contributed by atoms with Crippen LogP contribution in [0.25, 0.3) is 0 Å². The highest BCUT2D eigenvalue weighted by molar-refractivity contribution is 5.69. The van der Waals surface area contributed by atoms with Crippen molar-refractivity contribution in [1.29, 1.82) is 0 Å². The largest absolute Gasteiger partial charge is 0.375 e. The van der Waals surface area contributed by atoms with Crippen molar-refractivity contribution in [2.45, 2.75) is 104 Å². The Morgan fingerprint density at radius 1 is 0.880 bits per heavy atom. The Kier molecular flexibility index (Phi) is 16.3. The molecule has 6 nitrogen and oxygen atoms in total. The van der Waals surface area contributed by atoms with E-state index in [0.717, 1.165) is 18.0 Å². The molecule has 0 fully saturated rings. The third-order valence-corrected chi connectivity index (χ3v) is 4.16. The molecule has 0 bridgehead atoms. The summed E-state index contributed by atoms with van der Waals surface area (Å²) < 4.78 is 0. The minimum absolute atomic E-state index is 0.216. The Bertz CT molecular complexity index is 304. The Hall–Kier alpha value is -0.690. The Morgan fingerprint density at radius 2 is 1.36 bits per heavy atom. The molecule has 0 heterocycles. The van der Waals surface area contributed by atoms with E-state index >= 15 is 0 Å². The number of unbranched alkanes of at least 4 members (excludes halogenated alkanes) is 9. The molecular weight excluding hydrogens is 320 g/mol. The van der Waals surface area contributed by atoms with Crippen LogP contribution in [-0.4, -0.2) is 46.8 Å². The summed E-state index contributed by atoms with van der Waals surface area (Å²) in [5, 5.41) is 22.9. The number of nitrogens with one attached hydrogen (secondary N) is 1. The molecule has 0 aromatic carbocycles. The van der Waals surface area contributed by atoms with Crippen LogP contribution in [0.1, 0.15) is 91.4 Å². The fourth-order valence-corrected chi connectivity index (χ4v) is 2.68. The monoisotopic (exact) mass is 360 g/mol. The number of nitrogens with zero attached hydrogens (tertiary/aromatic N) is 1. The second kappa shape index (κ2) is 16.8. The lowest BCUT2D eigenvalue weighted by molar-refractivity contribution is -0.276. The zero-order valence-electron chi connectivity index (χ0n) is 16.5. The smallest absolute Gasteiger partial charge is 0.326 e. The van der Waals surface area contributed by atoms with Crippen LogP contribution in [0.5, 0.6) is 0 Å². The van der Waals surface area contributed by atoms with Crippen LogP contribution in [0.3, 0.4) is 0 Å². The van der Waals surface area contributed by atoms with Gasteiger partial charge in [0.15, 0.2) is 0 Å². The summed E-state index contributed by atoms with van der Waals surface area (Å²) in [5.41, 5.74) is 0. The summed E-state index contributed by atoms with van der Waals surface area (Å²) in [5.74, 6) is -0.461. The summed E-state index contributed by atoms with van der Waals surface area (Å²) in [4.78, 5) is 16.6. The minimum atomic E-state index is -1.04. The van der Waals surface area contributed by atoms with E-state index in [4.69, 9.17) is 4.84 Å². The molecule has 0 radical (unpaired) electrons. The Balaban J connectivity index is 3.39.